The molecule has 0 spiro atoms. The maximum Gasteiger partial charge on any atom is 0.213 e. The summed E-state index contributed by atoms with van der Waals surface area (Å²) in [6.45, 7) is 5.39. The second-order valence-corrected chi connectivity index (χ2v) is 9.91. The highest BCUT2D eigenvalue weighted by Crippen LogP contribution is 2.36. The first-order valence-corrected chi connectivity index (χ1v) is 13.5. The van der Waals surface area contributed by atoms with Crippen LogP contribution in [0.2, 0.25) is 0 Å². The lowest BCUT2D eigenvalue weighted by atomic mass is 9.96. The molecule has 1 unspecified atom stereocenters. The van der Waals surface area contributed by atoms with E-state index in [9.17, 15) is 0 Å². The van der Waals surface area contributed by atoms with Crippen LogP contribution in [0.3, 0.4) is 0 Å². The Bertz CT molecular complexity index is 1590. The summed E-state index contributed by atoms with van der Waals surface area (Å²) < 4.78 is 18.1. The number of pyridine rings is 1. The van der Waals surface area contributed by atoms with Gasteiger partial charge < -0.3 is 14.2 Å². The van der Waals surface area contributed by atoms with Crippen LogP contribution in [0, 0.1) is 18.8 Å². The molecule has 8 nitrogen and oxygen atoms in total. The molecule has 0 radical (unpaired) electrons. The van der Waals surface area contributed by atoms with Crippen LogP contribution in [0.5, 0.6) is 11.6 Å². The topological polar surface area (TPSA) is 95.0 Å². The minimum Gasteiger partial charge on any atom is -0.489 e. The van der Waals surface area contributed by atoms with Crippen LogP contribution in [0.4, 0.5) is 0 Å². The van der Waals surface area contributed by atoms with Gasteiger partial charge in [0.2, 0.25) is 5.88 Å². The van der Waals surface area contributed by atoms with Gasteiger partial charge in [0.25, 0.3) is 0 Å². The number of aromatic amines is 1. The Morgan fingerprint density at radius 3 is 2.64 bits per heavy atom. The first-order chi connectivity index (χ1) is 19.1. The molecule has 5 aromatic rings. The summed E-state index contributed by atoms with van der Waals surface area (Å²) >= 11 is 1.73. The molecule has 0 saturated carbocycles. The number of tetrazole rings is 1. The number of ether oxygens (including phenoxy) is 3. The molecule has 3 heterocycles. The molecule has 0 aliphatic carbocycles. The molecule has 198 valence electrons. The van der Waals surface area contributed by atoms with Gasteiger partial charge in [-0.15, -0.1) is 27.5 Å². The summed E-state index contributed by atoms with van der Waals surface area (Å²) in [6.07, 6.45) is 2.48. The fourth-order valence-electron chi connectivity index (χ4n) is 4.34. The predicted molar refractivity (Wildman–Crippen MR) is 152 cm³/mol. The van der Waals surface area contributed by atoms with Crippen LogP contribution < -0.4 is 9.47 Å². The van der Waals surface area contributed by atoms with E-state index in [1.165, 1.54) is 15.6 Å². The van der Waals surface area contributed by atoms with Crippen LogP contribution in [-0.2, 0) is 17.8 Å². The molecule has 0 amide bonds. The molecule has 0 bridgehead atoms. The highest BCUT2D eigenvalue weighted by molar-refractivity contribution is 7.17. The standard InChI is InChI=1S/C30H29N5O3S/c1-4-5-23(16-29-32-34-35-33-29)22-7-9-24(10-8-22)38-18-21-6-11-28-25(15-21)27(19-39-28)26-17-31-30(14-20(26)2)37-13-12-36-3/h6-11,14-15,17,19,23H,12-13,16,18H2,1-3H3,(H,32,33,34,35). The highest BCUT2D eigenvalue weighted by Gasteiger charge is 2.14. The molecule has 9 heteroatoms. The first-order valence-electron chi connectivity index (χ1n) is 12.6. The van der Waals surface area contributed by atoms with Gasteiger partial charge in [-0.3, -0.25) is 0 Å². The molecule has 0 saturated heterocycles. The largest absolute Gasteiger partial charge is 0.489 e. The third kappa shape index (κ3) is 6.42. The minimum atomic E-state index is -0.00926. The SMILES string of the molecule is CC#CC(Cc1nn[nH]n1)c1ccc(OCc2ccc3scc(-c4cnc(OCCOC)cc4C)c3c2)cc1. The van der Waals surface area contributed by atoms with Crippen molar-refractivity contribution in [3.05, 3.63) is 82.6 Å². The molecule has 2 aromatic carbocycles. The predicted octanol–water partition coefficient (Wildman–Crippen LogP) is 5.74. The number of hydrogen-bond acceptors (Lipinski definition) is 8. The van der Waals surface area contributed by atoms with E-state index < -0.39 is 0 Å². The van der Waals surface area contributed by atoms with Gasteiger partial charge >= 0.3 is 0 Å². The van der Waals surface area contributed by atoms with Crippen molar-refractivity contribution in [1.82, 2.24) is 25.6 Å². The molecule has 0 aliphatic heterocycles. The van der Waals surface area contributed by atoms with Crippen molar-refractivity contribution < 1.29 is 14.2 Å². The third-order valence-electron chi connectivity index (χ3n) is 6.33. The summed E-state index contributed by atoms with van der Waals surface area (Å²) in [5.41, 5.74) is 5.57. The Labute approximate surface area is 231 Å². The van der Waals surface area contributed by atoms with Crippen molar-refractivity contribution in [3.63, 3.8) is 0 Å². The third-order valence-corrected chi connectivity index (χ3v) is 7.30. The molecule has 39 heavy (non-hydrogen) atoms. The summed E-state index contributed by atoms with van der Waals surface area (Å²) in [4.78, 5) is 4.51. The van der Waals surface area contributed by atoms with Crippen LogP contribution in [0.15, 0.2) is 60.1 Å². The number of nitrogens with zero attached hydrogens (tertiary/aromatic N) is 4. The van der Waals surface area contributed by atoms with Gasteiger partial charge in [-0.1, -0.05) is 29.3 Å². The van der Waals surface area contributed by atoms with E-state index in [0.717, 1.165) is 28.0 Å². The van der Waals surface area contributed by atoms with Crippen molar-refractivity contribution in [3.8, 4) is 34.6 Å². The number of benzene rings is 2. The summed E-state index contributed by atoms with van der Waals surface area (Å²) in [7, 11) is 1.65. The van der Waals surface area contributed by atoms with Gasteiger partial charge in [-0.25, -0.2) is 4.98 Å². The van der Waals surface area contributed by atoms with Gasteiger partial charge in [0.15, 0.2) is 5.82 Å². The van der Waals surface area contributed by atoms with E-state index >= 15 is 0 Å². The second-order valence-electron chi connectivity index (χ2n) is 9.00. The van der Waals surface area contributed by atoms with Gasteiger partial charge in [0.05, 0.1) is 12.5 Å². The molecule has 0 aliphatic rings. The molecule has 3 aromatic heterocycles. The van der Waals surface area contributed by atoms with E-state index in [2.05, 4.69) is 68.0 Å². The number of aryl methyl sites for hydroxylation is 1. The Morgan fingerprint density at radius 1 is 1.03 bits per heavy atom. The van der Waals surface area contributed by atoms with E-state index in [1.807, 2.05) is 43.5 Å². The molecule has 5 rings (SSSR count). The fraction of sp³-hybridized carbons (Fsp3) is 0.267. The first kappa shape index (κ1) is 26.4. The van der Waals surface area contributed by atoms with Crippen LogP contribution in [-0.4, -0.2) is 45.9 Å². The number of hydrogen-bond donors (Lipinski definition) is 1. The number of rotatable bonds is 11. The lowest BCUT2D eigenvalue weighted by Crippen LogP contribution is -2.05. The zero-order valence-corrected chi connectivity index (χ0v) is 22.9. The van der Waals surface area contributed by atoms with Gasteiger partial charge in [-0.05, 0) is 60.2 Å². The van der Waals surface area contributed by atoms with E-state index in [1.54, 1.807) is 18.4 Å². The average molecular weight is 540 g/mol. The quantitative estimate of drug-likeness (QED) is 0.169. The summed E-state index contributed by atoms with van der Waals surface area (Å²) in [5.74, 6) is 8.28. The average Bonchev–Trinajstić information content (AvgIpc) is 3.62. The Kier molecular flexibility index (Phi) is 8.46. The van der Waals surface area contributed by atoms with Crippen molar-refractivity contribution in [2.24, 2.45) is 0 Å². The van der Waals surface area contributed by atoms with E-state index in [-0.39, 0.29) is 5.92 Å². The Balaban J connectivity index is 1.28. The molecular weight excluding hydrogens is 510 g/mol. The molecular formula is C30H29N5O3S. The maximum absolute atomic E-state index is 6.14. The highest BCUT2D eigenvalue weighted by atomic mass is 32.1. The lowest BCUT2D eigenvalue weighted by molar-refractivity contribution is 0.143. The number of aromatic nitrogens is 5. The number of methoxy groups -OCH3 is 1. The Morgan fingerprint density at radius 2 is 1.90 bits per heavy atom. The monoisotopic (exact) mass is 539 g/mol. The normalized spacial score (nSPS) is 11.7. The maximum atomic E-state index is 6.14. The van der Waals surface area contributed by atoms with E-state index in [4.69, 9.17) is 14.2 Å². The molecule has 0 fully saturated rings. The van der Waals surface area contributed by atoms with Crippen LogP contribution in [0.25, 0.3) is 21.2 Å². The van der Waals surface area contributed by atoms with E-state index in [0.29, 0.717) is 37.9 Å². The zero-order valence-electron chi connectivity index (χ0n) is 22.1. The lowest BCUT2D eigenvalue weighted by Gasteiger charge is -2.12. The minimum absolute atomic E-state index is 0.00926. The smallest absolute Gasteiger partial charge is 0.213 e. The van der Waals surface area contributed by atoms with Crippen molar-refractivity contribution in [2.45, 2.75) is 32.8 Å². The van der Waals surface area contributed by atoms with Gasteiger partial charge in [-0.2, -0.15) is 5.21 Å². The van der Waals surface area contributed by atoms with Crippen LogP contribution in [0.1, 0.15) is 35.4 Å². The van der Waals surface area contributed by atoms with Crippen molar-refractivity contribution >= 4 is 21.4 Å². The summed E-state index contributed by atoms with van der Waals surface area (Å²) in [6, 6.07) is 16.5. The number of fused-ring (bicyclic) bond motifs is 1. The number of nitrogens with one attached hydrogen (secondary N) is 1. The zero-order chi connectivity index (χ0) is 27.0. The number of H-pyrrole nitrogens is 1. The van der Waals surface area contributed by atoms with Crippen molar-refractivity contribution in [2.75, 3.05) is 20.3 Å². The van der Waals surface area contributed by atoms with Crippen LogP contribution >= 0.6 is 11.3 Å². The Hall–Kier alpha value is -4.26. The van der Waals surface area contributed by atoms with Gasteiger partial charge in [0.1, 0.15) is 19.0 Å². The second kappa shape index (κ2) is 12.5. The fourth-order valence-corrected chi connectivity index (χ4v) is 5.28. The number of thiophene rings is 1. The summed E-state index contributed by atoms with van der Waals surface area (Å²) in [5, 5.41) is 17.6. The molecule has 1 atom stereocenters. The van der Waals surface area contributed by atoms with Gasteiger partial charge in [0, 0.05) is 47.0 Å². The van der Waals surface area contributed by atoms with Crippen molar-refractivity contribution in [1.29, 1.82) is 0 Å². The molecule has 1 N–H and O–H groups in total.